The van der Waals surface area contributed by atoms with Crippen molar-refractivity contribution in [1.29, 1.82) is 0 Å². The van der Waals surface area contributed by atoms with Crippen LogP contribution in [-0.4, -0.2) is 48.6 Å². The topological polar surface area (TPSA) is 71.1 Å². The summed E-state index contributed by atoms with van der Waals surface area (Å²) < 4.78 is 23.9. The number of thiocarbonyl (C=S) groups is 1. The molecule has 4 rings (SSSR count). The number of rotatable bonds is 9. The lowest BCUT2D eigenvalue weighted by Crippen LogP contribution is -2.39. The van der Waals surface area contributed by atoms with E-state index >= 15 is 0 Å². The van der Waals surface area contributed by atoms with Gasteiger partial charge in [-0.15, -0.1) is 0 Å². The lowest BCUT2D eigenvalue weighted by molar-refractivity contribution is -0.124. The lowest BCUT2D eigenvalue weighted by Gasteiger charge is -2.24. The molecule has 1 atom stereocenters. The summed E-state index contributed by atoms with van der Waals surface area (Å²) in [7, 11) is 3.13. The van der Waals surface area contributed by atoms with E-state index in [0.29, 0.717) is 46.0 Å². The predicted molar refractivity (Wildman–Crippen MR) is 145 cm³/mol. The van der Waals surface area contributed by atoms with Gasteiger partial charge in [-0.05, 0) is 84.9 Å². The fourth-order valence-corrected chi connectivity index (χ4v) is 4.66. The summed E-state index contributed by atoms with van der Waals surface area (Å²) >= 11 is 11.7. The highest BCUT2D eigenvalue weighted by molar-refractivity contribution is 7.80. The number of halogens is 2. The number of nitrogens with zero attached hydrogens (tertiary/aromatic N) is 2. The normalized spacial score (nSPS) is 15.2. The summed E-state index contributed by atoms with van der Waals surface area (Å²) in [5.74, 6) is 0.102. The second-order valence-electron chi connectivity index (χ2n) is 8.34. The Balaban J connectivity index is 1.56. The van der Waals surface area contributed by atoms with Gasteiger partial charge in [-0.2, -0.15) is 0 Å². The zero-order valence-corrected chi connectivity index (χ0v) is 21.8. The van der Waals surface area contributed by atoms with E-state index in [-0.39, 0.29) is 18.2 Å². The number of carbonyl (C=O) groups is 2. The zero-order valence-electron chi connectivity index (χ0n) is 20.2. The standard InChI is InChI=1S/C27H25ClFN3O4S/c1-35-23-12-3-17(15-24(23)36-2)13-14-31-22(16-25(33)30-20-8-6-19(29)7-9-20)26(34)32(27(31)37)21-10-4-18(28)5-11-21/h3-12,15,22H,13-14,16H2,1-2H3,(H,30,33)/t22-/m1/s1. The van der Waals surface area contributed by atoms with Crippen molar-refractivity contribution >= 4 is 52.1 Å². The predicted octanol–water partition coefficient (Wildman–Crippen LogP) is 5.07. The summed E-state index contributed by atoms with van der Waals surface area (Å²) in [5.41, 5.74) is 1.95. The third-order valence-corrected chi connectivity index (χ3v) is 6.67. The maximum absolute atomic E-state index is 13.5. The van der Waals surface area contributed by atoms with Gasteiger partial charge in [-0.25, -0.2) is 4.39 Å². The molecule has 10 heteroatoms. The highest BCUT2D eigenvalue weighted by atomic mass is 35.5. The number of benzene rings is 3. The molecule has 1 saturated heterocycles. The molecule has 0 bridgehead atoms. The maximum atomic E-state index is 13.5. The average molecular weight is 542 g/mol. The van der Waals surface area contributed by atoms with E-state index in [0.717, 1.165) is 5.56 Å². The van der Waals surface area contributed by atoms with Gasteiger partial charge >= 0.3 is 0 Å². The molecule has 0 unspecified atom stereocenters. The zero-order chi connectivity index (χ0) is 26.5. The van der Waals surface area contributed by atoms with Crippen LogP contribution in [0.25, 0.3) is 0 Å². The van der Waals surface area contributed by atoms with E-state index in [9.17, 15) is 14.0 Å². The second-order valence-corrected chi connectivity index (χ2v) is 9.14. The third-order valence-electron chi connectivity index (χ3n) is 6.00. The number of carbonyl (C=O) groups excluding carboxylic acids is 2. The third kappa shape index (κ3) is 6.00. The molecule has 2 amide bonds. The minimum absolute atomic E-state index is 0.133. The average Bonchev–Trinajstić information content (AvgIpc) is 3.12. The molecule has 1 aliphatic rings. The van der Waals surface area contributed by atoms with E-state index in [4.69, 9.17) is 33.3 Å². The Labute approximate surface area is 224 Å². The van der Waals surface area contributed by atoms with Crippen molar-refractivity contribution in [2.75, 3.05) is 31.0 Å². The van der Waals surface area contributed by atoms with Crippen LogP contribution < -0.4 is 19.7 Å². The number of amides is 2. The van der Waals surface area contributed by atoms with E-state index in [1.54, 1.807) is 43.4 Å². The van der Waals surface area contributed by atoms with Crippen LogP contribution in [0, 0.1) is 5.82 Å². The summed E-state index contributed by atoms with van der Waals surface area (Å²) in [6.45, 7) is 0.388. The Morgan fingerprint density at radius 3 is 2.35 bits per heavy atom. The number of methoxy groups -OCH3 is 2. The summed E-state index contributed by atoms with van der Waals surface area (Å²) in [4.78, 5) is 29.6. The van der Waals surface area contributed by atoms with Gasteiger partial charge in [0.1, 0.15) is 11.9 Å². The van der Waals surface area contributed by atoms with Crippen molar-refractivity contribution in [3.8, 4) is 11.5 Å². The molecule has 37 heavy (non-hydrogen) atoms. The van der Waals surface area contributed by atoms with Gasteiger partial charge < -0.3 is 19.7 Å². The van der Waals surface area contributed by atoms with Gasteiger partial charge in [0.25, 0.3) is 5.91 Å². The fourth-order valence-electron chi connectivity index (χ4n) is 4.12. The van der Waals surface area contributed by atoms with Gasteiger partial charge in [0.05, 0.1) is 26.3 Å². The van der Waals surface area contributed by atoms with Crippen molar-refractivity contribution in [2.24, 2.45) is 0 Å². The molecule has 0 spiro atoms. The van der Waals surface area contributed by atoms with Crippen molar-refractivity contribution in [3.05, 3.63) is 83.1 Å². The van der Waals surface area contributed by atoms with Crippen molar-refractivity contribution < 1.29 is 23.5 Å². The summed E-state index contributed by atoms with van der Waals surface area (Å²) in [5, 5.41) is 3.55. The molecular weight excluding hydrogens is 517 g/mol. The van der Waals surface area contributed by atoms with Crippen LogP contribution in [0.2, 0.25) is 5.02 Å². The Morgan fingerprint density at radius 1 is 1.03 bits per heavy atom. The van der Waals surface area contributed by atoms with Crippen LogP contribution in [0.5, 0.6) is 11.5 Å². The quantitative estimate of drug-likeness (QED) is 0.381. The molecule has 1 fully saturated rings. The number of hydrogen-bond acceptors (Lipinski definition) is 5. The van der Waals surface area contributed by atoms with Crippen LogP contribution in [-0.2, 0) is 16.0 Å². The van der Waals surface area contributed by atoms with Gasteiger partial charge in [-0.1, -0.05) is 17.7 Å². The molecular formula is C27H25ClFN3O4S. The van der Waals surface area contributed by atoms with Crippen LogP contribution in [0.4, 0.5) is 15.8 Å². The highest BCUT2D eigenvalue weighted by Gasteiger charge is 2.43. The summed E-state index contributed by atoms with van der Waals surface area (Å²) in [6.07, 6.45) is 0.407. The Kier molecular flexibility index (Phi) is 8.25. The first kappa shape index (κ1) is 26.4. The SMILES string of the molecule is COc1ccc(CCN2C(=S)N(c3ccc(Cl)cc3)C(=O)[C@H]2CC(=O)Nc2ccc(F)cc2)cc1OC. The monoisotopic (exact) mass is 541 g/mol. The molecule has 3 aromatic rings. The second kappa shape index (κ2) is 11.6. The maximum Gasteiger partial charge on any atom is 0.256 e. The number of nitrogens with one attached hydrogen (secondary N) is 1. The van der Waals surface area contributed by atoms with Crippen LogP contribution in [0.1, 0.15) is 12.0 Å². The molecule has 3 aromatic carbocycles. The van der Waals surface area contributed by atoms with E-state index in [1.807, 2.05) is 18.2 Å². The van der Waals surface area contributed by atoms with E-state index < -0.39 is 11.9 Å². The van der Waals surface area contributed by atoms with Crippen molar-refractivity contribution in [1.82, 2.24) is 4.90 Å². The van der Waals surface area contributed by atoms with Crippen molar-refractivity contribution in [2.45, 2.75) is 18.9 Å². The van der Waals surface area contributed by atoms with Crippen LogP contribution in [0.15, 0.2) is 66.7 Å². The molecule has 1 aliphatic heterocycles. The smallest absolute Gasteiger partial charge is 0.256 e. The molecule has 7 nitrogen and oxygen atoms in total. The van der Waals surface area contributed by atoms with Crippen molar-refractivity contribution in [3.63, 3.8) is 0 Å². The molecule has 1 heterocycles. The lowest BCUT2D eigenvalue weighted by atomic mass is 10.1. The largest absolute Gasteiger partial charge is 0.493 e. The first-order valence-electron chi connectivity index (χ1n) is 11.5. The first-order chi connectivity index (χ1) is 17.8. The Morgan fingerprint density at radius 2 is 1.70 bits per heavy atom. The Hall–Kier alpha value is -3.69. The van der Waals surface area contributed by atoms with Gasteiger partial charge in [0.2, 0.25) is 5.91 Å². The number of ether oxygens (including phenoxy) is 2. The van der Waals surface area contributed by atoms with Crippen LogP contribution in [0.3, 0.4) is 0 Å². The van der Waals surface area contributed by atoms with Gasteiger partial charge in [-0.3, -0.25) is 14.5 Å². The minimum atomic E-state index is -0.816. The fraction of sp³-hybridized carbons (Fsp3) is 0.222. The molecule has 0 aliphatic carbocycles. The molecule has 1 N–H and O–H groups in total. The van der Waals surface area contributed by atoms with Gasteiger partial charge in [0, 0.05) is 17.3 Å². The molecule has 0 saturated carbocycles. The minimum Gasteiger partial charge on any atom is -0.493 e. The first-order valence-corrected chi connectivity index (χ1v) is 12.3. The van der Waals surface area contributed by atoms with E-state index in [2.05, 4.69) is 5.32 Å². The summed E-state index contributed by atoms with van der Waals surface area (Å²) in [6, 6.07) is 17.0. The van der Waals surface area contributed by atoms with Crippen LogP contribution >= 0.6 is 23.8 Å². The van der Waals surface area contributed by atoms with Gasteiger partial charge in [0.15, 0.2) is 16.6 Å². The molecule has 0 radical (unpaired) electrons. The highest BCUT2D eigenvalue weighted by Crippen LogP contribution is 2.30. The molecule has 0 aromatic heterocycles. The Bertz CT molecular complexity index is 1300. The number of hydrogen-bond donors (Lipinski definition) is 1. The molecule has 192 valence electrons. The number of anilines is 2. The van der Waals surface area contributed by atoms with E-state index in [1.165, 1.54) is 29.2 Å².